The molecular weight excluding hydrogens is 390 g/mol. The lowest BCUT2D eigenvalue weighted by Crippen LogP contribution is -2.40. The zero-order chi connectivity index (χ0) is 23.0. The highest BCUT2D eigenvalue weighted by molar-refractivity contribution is 5.76. The van der Waals surface area contributed by atoms with Gasteiger partial charge in [-0.3, -0.25) is 14.5 Å². The van der Waals surface area contributed by atoms with Crippen molar-refractivity contribution in [2.24, 2.45) is 0 Å². The first-order chi connectivity index (χ1) is 15.1. The van der Waals surface area contributed by atoms with Crippen molar-refractivity contribution < 1.29 is 14.7 Å². The lowest BCUT2D eigenvalue weighted by atomic mass is 10.2. The normalized spacial score (nSPS) is 11.6. The van der Waals surface area contributed by atoms with Gasteiger partial charge in [0, 0.05) is 52.2 Å². The number of aliphatic hydroxyl groups is 1. The molecule has 0 aromatic carbocycles. The summed E-state index contributed by atoms with van der Waals surface area (Å²) in [5.74, 6) is 0.180. The SMILES string of the molecule is CCC/C=C/CCCC(=O)NCCN(CCCO)CCNC(=O)CCC/C=C/CCC. The van der Waals surface area contributed by atoms with Crippen LogP contribution >= 0.6 is 0 Å². The molecule has 0 aromatic rings. The van der Waals surface area contributed by atoms with Crippen LogP contribution in [0.25, 0.3) is 0 Å². The Morgan fingerprint density at radius 3 is 1.58 bits per heavy atom. The zero-order valence-electron chi connectivity index (χ0n) is 20.0. The van der Waals surface area contributed by atoms with Crippen molar-refractivity contribution in [1.29, 1.82) is 0 Å². The van der Waals surface area contributed by atoms with Gasteiger partial charge in [-0.15, -0.1) is 0 Å². The molecule has 0 heterocycles. The molecule has 3 N–H and O–H groups in total. The van der Waals surface area contributed by atoms with E-state index in [0.717, 1.165) is 71.0 Å². The number of unbranched alkanes of at least 4 members (excludes halogenated alkanes) is 4. The fraction of sp³-hybridized carbons (Fsp3) is 0.760. The third-order valence-electron chi connectivity index (χ3n) is 4.93. The number of nitrogens with zero attached hydrogens (tertiary/aromatic N) is 1. The molecule has 0 radical (unpaired) electrons. The molecule has 0 aromatic heterocycles. The molecule has 6 heteroatoms. The van der Waals surface area contributed by atoms with E-state index in [1.54, 1.807) is 0 Å². The largest absolute Gasteiger partial charge is 0.396 e. The third kappa shape index (κ3) is 21.4. The molecule has 0 rings (SSSR count). The summed E-state index contributed by atoms with van der Waals surface area (Å²) >= 11 is 0. The molecule has 0 atom stereocenters. The maximum atomic E-state index is 12.0. The van der Waals surface area contributed by atoms with Crippen molar-refractivity contribution in [2.45, 2.75) is 84.5 Å². The van der Waals surface area contributed by atoms with Gasteiger partial charge in [0.1, 0.15) is 0 Å². The Morgan fingerprint density at radius 2 is 1.16 bits per heavy atom. The second-order valence-corrected chi connectivity index (χ2v) is 7.92. The molecule has 0 saturated carbocycles. The van der Waals surface area contributed by atoms with Gasteiger partial charge in [0.05, 0.1) is 0 Å². The van der Waals surface area contributed by atoms with E-state index in [9.17, 15) is 9.59 Å². The molecule has 0 saturated heterocycles. The molecule has 0 bridgehead atoms. The molecule has 0 aliphatic rings. The monoisotopic (exact) mass is 437 g/mol. The fourth-order valence-corrected chi connectivity index (χ4v) is 3.08. The van der Waals surface area contributed by atoms with Gasteiger partial charge in [-0.1, -0.05) is 51.0 Å². The van der Waals surface area contributed by atoms with Crippen molar-refractivity contribution in [3.05, 3.63) is 24.3 Å². The highest BCUT2D eigenvalue weighted by Gasteiger charge is 2.07. The van der Waals surface area contributed by atoms with Crippen molar-refractivity contribution in [3.8, 4) is 0 Å². The van der Waals surface area contributed by atoms with Gasteiger partial charge < -0.3 is 15.7 Å². The summed E-state index contributed by atoms with van der Waals surface area (Å²) in [6.07, 6.45) is 18.6. The first kappa shape index (κ1) is 29.3. The topological polar surface area (TPSA) is 81.7 Å². The highest BCUT2D eigenvalue weighted by Crippen LogP contribution is 2.00. The number of allylic oxidation sites excluding steroid dienone is 4. The van der Waals surface area contributed by atoms with Crippen LogP contribution in [0, 0.1) is 0 Å². The van der Waals surface area contributed by atoms with Gasteiger partial charge in [0.2, 0.25) is 11.8 Å². The molecule has 0 aliphatic heterocycles. The summed E-state index contributed by atoms with van der Waals surface area (Å²) in [5.41, 5.74) is 0. The van der Waals surface area contributed by atoms with Crippen molar-refractivity contribution in [3.63, 3.8) is 0 Å². The average molecular weight is 438 g/mol. The molecule has 0 fully saturated rings. The van der Waals surface area contributed by atoms with E-state index < -0.39 is 0 Å². The predicted molar refractivity (Wildman–Crippen MR) is 130 cm³/mol. The molecular formula is C25H47N3O3. The minimum absolute atomic E-state index is 0.0901. The summed E-state index contributed by atoms with van der Waals surface area (Å²) in [6.45, 7) is 7.84. The number of amides is 2. The Hall–Kier alpha value is -1.66. The van der Waals surface area contributed by atoms with Crippen LogP contribution in [0.4, 0.5) is 0 Å². The summed E-state index contributed by atoms with van der Waals surface area (Å²) in [7, 11) is 0. The van der Waals surface area contributed by atoms with Gasteiger partial charge in [-0.2, -0.15) is 0 Å². The quantitative estimate of drug-likeness (QED) is 0.188. The van der Waals surface area contributed by atoms with E-state index in [0.29, 0.717) is 32.4 Å². The Labute approximate surface area is 190 Å². The standard InChI is InChI=1S/C25H47N3O3/c1-3-5-7-9-11-13-16-24(30)26-18-21-28(20-15-23-29)22-19-27-25(31)17-14-12-10-8-6-4-2/h7-10,29H,3-6,11-23H2,1-2H3,(H,26,30)(H,27,31)/b9-7+,10-8+. The van der Waals surface area contributed by atoms with E-state index in [1.165, 1.54) is 0 Å². The second kappa shape index (κ2) is 23.0. The van der Waals surface area contributed by atoms with Gasteiger partial charge in [0.25, 0.3) is 0 Å². The Bertz CT molecular complexity index is 452. The maximum absolute atomic E-state index is 12.0. The summed E-state index contributed by atoms with van der Waals surface area (Å²) in [4.78, 5) is 26.1. The van der Waals surface area contributed by atoms with Gasteiger partial charge in [-0.05, 0) is 44.9 Å². The van der Waals surface area contributed by atoms with Crippen LogP contribution < -0.4 is 10.6 Å². The Balaban J connectivity index is 3.94. The number of carbonyl (C=O) groups excluding carboxylic acids is 2. The van der Waals surface area contributed by atoms with Crippen LogP contribution in [0.15, 0.2) is 24.3 Å². The first-order valence-corrected chi connectivity index (χ1v) is 12.3. The second-order valence-electron chi connectivity index (χ2n) is 7.92. The molecule has 180 valence electrons. The van der Waals surface area contributed by atoms with Crippen LogP contribution in [0.3, 0.4) is 0 Å². The fourth-order valence-electron chi connectivity index (χ4n) is 3.08. The molecule has 0 aliphatic carbocycles. The van der Waals surface area contributed by atoms with Gasteiger partial charge >= 0.3 is 0 Å². The van der Waals surface area contributed by atoms with Crippen LogP contribution in [0.2, 0.25) is 0 Å². The highest BCUT2D eigenvalue weighted by atomic mass is 16.3. The van der Waals surface area contributed by atoms with Crippen LogP contribution in [-0.4, -0.2) is 61.2 Å². The average Bonchev–Trinajstić information content (AvgIpc) is 2.76. The van der Waals surface area contributed by atoms with E-state index in [-0.39, 0.29) is 18.4 Å². The van der Waals surface area contributed by atoms with E-state index in [2.05, 4.69) is 53.7 Å². The lowest BCUT2D eigenvalue weighted by Gasteiger charge is -2.22. The summed E-state index contributed by atoms with van der Waals surface area (Å²) < 4.78 is 0. The molecule has 31 heavy (non-hydrogen) atoms. The van der Waals surface area contributed by atoms with Gasteiger partial charge in [0.15, 0.2) is 0 Å². The first-order valence-electron chi connectivity index (χ1n) is 12.3. The molecule has 0 unspecified atom stereocenters. The summed E-state index contributed by atoms with van der Waals surface area (Å²) in [6, 6.07) is 0. The molecule has 2 amide bonds. The zero-order valence-corrected chi connectivity index (χ0v) is 20.0. The van der Waals surface area contributed by atoms with Crippen molar-refractivity contribution in [1.82, 2.24) is 15.5 Å². The maximum Gasteiger partial charge on any atom is 0.220 e. The predicted octanol–water partition coefficient (Wildman–Crippen LogP) is 3.96. The Morgan fingerprint density at radius 1 is 0.710 bits per heavy atom. The minimum Gasteiger partial charge on any atom is -0.396 e. The number of hydrogen-bond acceptors (Lipinski definition) is 4. The van der Waals surface area contributed by atoms with Gasteiger partial charge in [-0.25, -0.2) is 0 Å². The minimum atomic E-state index is 0.0901. The third-order valence-corrected chi connectivity index (χ3v) is 4.93. The summed E-state index contributed by atoms with van der Waals surface area (Å²) in [5, 5.41) is 15.1. The number of hydrogen-bond donors (Lipinski definition) is 3. The van der Waals surface area contributed by atoms with E-state index in [1.807, 2.05) is 0 Å². The van der Waals surface area contributed by atoms with Crippen molar-refractivity contribution >= 4 is 11.8 Å². The van der Waals surface area contributed by atoms with E-state index in [4.69, 9.17) is 5.11 Å². The number of carbonyl (C=O) groups is 2. The smallest absolute Gasteiger partial charge is 0.220 e. The van der Waals surface area contributed by atoms with Crippen molar-refractivity contribution in [2.75, 3.05) is 39.3 Å². The van der Waals surface area contributed by atoms with Crippen LogP contribution in [0.5, 0.6) is 0 Å². The van der Waals surface area contributed by atoms with Crippen LogP contribution in [-0.2, 0) is 9.59 Å². The number of rotatable bonds is 21. The molecule has 0 spiro atoms. The number of aliphatic hydroxyl groups excluding tert-OH is 1. The Kier molecular flexibility index (Phi) is 21.8. The molecule has 6 nitrogen and oxygen atoms in total. The van der Waals surface area contributed by atoms with E-state index >= 15 is 0 Å². The lowest BCUT2D eigenvalue weighted by molar-refractivity contribution is -0.121. The van der Waals surface area contributed by atoms with Crippen LogP contribution in [0.1, 0.15) is 84.5 Å². The number of nitrogens with one attached hydrogen (secondary N) is 2.